The molecule has 11 rings (SSSR count). The third-order valence-corrected chi connectivity index (χ3v) is 13.1. The Hall–Kier alpha value is -7.78. The molecule has 0 radical (unpaired) electrons. The number of benzene rings is 10. The van der Waals surface area contributed by atoms with E-state index in [1.165, 1.54) is 86.9 Å². The molecule has 0 aliphatic heterocycles. The lowest BCUT2D eigenvalue weighted by Crippen LogP contribution is -2.12. The first-order chi connectivity index (χ1) is 30.7. The van der Waals surface area contributed by atoms with Gasteiger partial charge in [0, 0.05) is 37.1 Å². The number of anilines is 3. The smallest absolute Gasteiger partial charge is 0.0546 e. The second-order valence-corrected chi connectivity index (χ2v) is 16.7. The Morgan fingerprint density at radius 3 is 1.34 bits per heavy atom. The van der Waals surface area contributed by atoms with Crippen molar-refractivity contribution in [3.05, 3.63) is 249 Å². The summed E-state index contributed by atoms with van der Waals surface area (Å²) in [5, 5.41) is 2.62. The summed E-state index contributed by atoms with van der Waals surface area (Å²) in [5.41, 5.74) is 17.5. The van der Waals surface area contributed by atoms with E-state index in [4.69, 9.17) is 0 Å². The van der Waals surface area contributed by atoms with Gasteiger partial charge in [0.1, 0.15) is 0 Å². The molecule has 11 aromatic rings. The molecule has 1 heterocycles. The number of hydrogen-bond acceptors (Lipinski definition) is 2. The molecule has 292 valence electrons. The van der Waals surface area contributed by atoms with Crippen LogP contribution < -0.4 is 4.90 Å². The predicted molar refractivity (Wildman–Crippen MR) is 267 cm³/mol. The highest BCUT2D eigenvalue weighted by Crippen LogP contribution is 2.48. The Morgan fingerprint density at radius 2 is 0.694 bits per heavy atom. The highest BCUT2D eigenvalue weighted by molar-refractivity contribution is 7.25. The molecule has 0 bridgehead atoms. The van der Waals surface area contributed by atoms with Gasteiger partial charge in [0.2, 0.25) is 0 Å². The lowest BCUT2D eigenvalue weighted by Gasteiger charge is -2.30. The highest BCUT2D eigenvalue weighted by Gasteiger charge is 2.23. The molecule has 10 aromatic carbocycles. The van der Waals surface area contributed by atoms with E-state index >= 15 is 0 Å². The van der Waals surface area contributed by atoms with Gasteiger partial charge in [-0.1, -0.05) is 194 Å². The van der Waals surface area contributed by atoms with Gasteiger partial charge >= 0.3 is 0 Å². The van der Waals surface area contributed by atoms with Gasteiger partial charge < -0.3 is 4.90 Å². The maximum Gasteiger partial charge on any atom is 0.0546 e. The number of fused-ring (bicyclic) bond motifs is 3. The molecular weight excluding hydrogens is 767 g/mol. The lowest BCUT2D eigenvalue weighted by atomic mass is 9.87. The zero-order valence-electron chi connectivity index (χ0n) is 34.0. The van der Waals surface area contributed by atoms with Crippen molar-refractivity contribution >= 4 is 48.6 Å². The van der Waals surface area contributed by atoms with Crippen LogP contribution in [0.3, 0.4) is 0 Å². The maximum atomic E-state index is 2.44. The first-order valence-electron chi connectivity index (χ1n) is 21.2. The first kappa shape index (κ1) is 37.2. The van der Waals surface area contributed by atoms with Crippen LogP contribution in [-0.4, -0.2) is 0 Å². The zero-order valence-corrected chi connectivity index (χ0v) is 34.8. The predicted octanol–water partition coefficient (Wildman–Crippen LogP) is 17.5. The van der Waals surface area contributed by atoms with E-state index in [9.17, 15) is 0 Å². The Bertz CT molecular complexity index is 3310. The monoisotopic (exact) mass is 807 g/mol. The molecule has 0 spiro atoms. The molecule has 1 aromatic heterocycles. The minimum atomic E-state index is 1.08. The van der Waals surface area contributed by atoms with Crippen LogP contribution in [0, 0.1) is 0 Å². The van der Waals surface area contributed by atoms with E-state index in [-0.39, 0.29) is 0 Å². The van der Waals surface area contributed by atoms with Gasteiger partial charge in [0.25, 0.3) is 0 Å². The van der Waals surface area contributed by atoms with Crippen molar-refractivity contribution in [1.82, 2.24) is 0 Å². The molecule has 0 saturated heterocycles. The highest BCUT2D eigenvalue weighted by atomic mass is 32.1. The molecule has 0 N–H and O–H groups in total. The maximum absolute atomic E-state index is 2.44. The molecule has 0 unspecified atom stereocenters. The largest absolute Gasteiger partial charge is 0.310 e. The fourth-order valence-corrected chi connectivity index (χ4v) is 9.97. The van der Waals surface area contributed by atoms with Crippen LogP contribution in [0.5, 0.6) is 0 Å². The Balaban J connectivity index is 1.08. The van der Waals surface area contributed by atoms with Crippen LogP contribution >= 0.6 is 11.3 Å². The summed E-state index contributed by atoms with van der Waals surface area (Å²) in [5.74, 6) is 0. The topological polar surface area (TPSA) is 3.24 Å². The zero-order chi connectivity index (χ0) is 41.2. The van der Waals surface area contributed by atoms with Gasteiger partial charge in [-0.3, -0.25) is 0 Å². The third kappa shape index (κ3) is 7.07. The van der Waals surface area contributed by atoms with Crippen molar-refractivity contribution in [3.8, 4) is 66.8 Å². The molecule has 0 aliphatic rings. The quantitative estimate of drug-likeness (QED) is 0.140. The van der Waals surface area contributed by atoms with E-state index in [1.54, 1.807) is 0 Å². The minimum Gasteiger partial charge on any atom is -0.310 e. The first-order valence-corrected chi connectivity index (χ1v) is 22.0. The van der Waals surface area contributed by atoms with Crippen molar-refractivity contribution in [1.29, 1.82) is 0 Å². The summed E-state index contributed by atoms with van der Waals surface area (Å²) in [7, 11) is 0. The number of nitrogens with zero attached hydrogens (tertiary/aromatic N) is 1. The van der Waals surface area contributed by atoms with Gasteiger partial charge in [0.15, 0.2) is 0 Å². The van der Waals surface area contributed by atoms with Crippen molar-refractivity contribution in [2.24, 2.45) is 0 Å². The molecule has 0 aliphatic carbocycles. The lowest BCUT2D eigenvalue weighted by molar-refractivity contribution is 1.28. The molecule has 0 atom stereocenters. The second kappa shape index (κ2) is 16.3. The van der Waals surface area contributed by atoms with Gasteiger partial charge in [-0.25, -0.2) is 0 Å². The van der Waals surface area contributed by atoms with Gasteiger partial charge in [-0.05, 0) is 116 Å². The second-order valence-electron chi connectivity index (χ2n) is 15.7. The Labute approximate surface area is 367 Å². The Kier molecular flexibility index (Phi) is 9.82. The summed E-state index contributed by atoms with van der Waals surface area (Å²) >= 11 is 1.86. The SMILES string of the molecule is c1ccc(-c2cccc(-c3ccc(N(c4ccc(-c5ccc6sc7ccccc7c6c5)cc4)c4cccc(-c5ccccc5)c4-c4ccccc4-c4ccccc4)cc3)c2)cc1. The minimum absolute atomic E-state index is 1.08. The van der Waals surface area contributed by atoms with Crippen LogP contribution in [0.15, 0.2) is 249 Å². The summed E-state index contributed by atoms with van der Waals surface area (Å²) in [6.07, 6.45) is 0. The molecule has 0 fully saturated rings. The van der Waals surface area contributed by atoms with E-state index in [1.807, 2.05) is 11.3 Å². The number of rotatable bonds is 9. The van der Waals surface area contributed by atoms with E-state index < -0.39 is 0 Å². The average molecular weight is 808 g/mol. The van der Waals surface area contributed by atoms with Crippen LogP contribution in [0.25, 0.3) is 86.9 Å². The molecule has 2 heteroatoms. The summed E-state index contributed by atoms with van der Waals surface area (Å²) in [4.78, 5) is 2.44. The van der Waals surface area contributed by atoms with Crippen LogP contribution in [0.4, 0.5) is 17.1 Å². The Morgan fingerprint density at radius 1 is 0.258 bits per heavy atom. The van der Waals surface area contributed by atoms with Gasteiger partial charge in [-0.15, -0.1) is 11.3 Å². The summed E-state index contributed by atoms with van der Waals surface area (Å²) < 4.78 is 2.64. The number of thiophene rings is 1. The van der Waals surface area contributed by atoms with Gasteiger partial charge in [-0.2, -0.15) is 0 Å². The molecule has 1 nitrogen and oxygen atoms in total. The van der Waals surface area contributed by atoms with Crippen molar-refractivity contribution < 1.29 is 0 Å². The van der Waals surface area contributed by atoms with Crippen LogP contribution in [0.1, 0.15) is 0 Å². The molecule has 0 amide bonds. The molecular formula is C60H41NS. The van der Waals surface area contributed by atoms with E-state index in [0.29, 0.717) is 0 Å². The standard InChI is InChI=1S/C60H41NS/c1-4-16-42(17-5-1)47-22-14-23-48(40-47)43-30-35-50(36-31-43)61(51-37-32-44(33-38-51)49-34-39-59-56(41-49)54-25-12-13-29-58(54)62-59)57-28-15-27-53(46-20-8-3-9-21-46)60(57)55-26-11-10-24-52(55)45-18-6-2-7-19-45/h1-41H. The fourth-order valence-electron chi connectivity index (χ4n) is 8.89. The molecule has 62 heavy (non-hydrogen) atoms. The van der Waals surface area contributed by atoms with E-state index in [0.717, 1.165) is 17.1 Å². The normalized spacial score (nSPS) is 11.2. The van der Waals surface area contributed by atoms with Gasteiger partial charge in [0.05, 0.1) is 5.69 Å². The van der Waals surface area contributed by atoms with Crippen molar-refractivity contribution in [2.45, 2.75) is 0 Å². The average Bonchev–Trinajstić information content (AvgIpc) is 3.73. The van der Waals surface area contributed by atoms with Crippen molar-refractivity contribution in [3.63, 3.8) is 0 Å². The fraction of sp³-hybridized carbons (Fsp3) is 0. The van der Waals surface area contributed by atoms with Crippen LogP contribution in [-0.2, 0) is 0 Å². The summed E-state index contributed by atoms with van der Waals surface area (Å²) in [6, 6.07) is 90.4. The third-order valence-electron chi connectivity index (χ3n) is 11.9. The van der Waals surface area contributed by atoms with Crippen LogP contribution in [0.2, 0.25) is 0 Å². The van der Waals surface area contributed by atoms with Crippen molar-refractivity contribution in [2.75, 3.05) is 4.90 Å². The summed E-state index contributed by atoms with van der Waals surface area (Å²) in [6.45, 7) is 0. The molecule has 0 saturated carbocycles. The van der Waals surface area contributed by atoms with E-state index in [2.05, 4.69) is 254 Å². The number of hydrogen-bond donors (Lipinski definition) is 0.